The van der Waals surface area contributed by atoms with Crippen LogP contribution in [0.5, 0.6) is 0 Å². The lowest BCUT2D eigenvalue weighted by Crippen LogP contribution is -2.41. The van der Waals surface area contributed by atoms with Crippen molar-refractivity contribution in [1.29, 1.82) is 0 Å². The van der Waals surface area contributed by atoms with Crippen molar-refractivity contribution in [2.24, 2.45) is 5.41 Å². The molecule has 0 unspecified atom stereocenters. The number of alkyl halides is 3. The predicted octanol–water partition coefficient (Wildman–Crippen LogP) is 3.68. The molecule has 0 spiro atoms. The van der Waals surface area contributed by atoms with Crippen molar-refractivity contribution in [1.82, 2.24) is 4.90 Å². The van der Waals surface area contributed by atoms with Gasteiger partial charge in [0.15, 0.2) is 0 Å². The number of carbonyl (C=O) groups is 2. The van der Waals surface area contributed by atoms with Crippen molar-refractivity contribution in [3.8, 4) is 0 Å². The summed E-state index contributed by atoms with van der Waals surface area (Å²) in [5.74, 6) is -0.796. The zero-order valence-electron chi connectivity index (χ0n) is 13.7. The van der Waals surface area contributed by atoms with Crippen LogP contribution in [0.3, 0.4) is 0 Å². The van der Waals surface area contributed by atoms with E-state index < -0.39 is 23.1 Å². The third-order valence-electron chi connectivity index (χ3n) is 4.24. The van der Waals surface area contributed by atoms with Crippen LogP contribution in [0.15, 0.2) is 24.3 Å². The van der Waals surface area contributed by atoms with Gasteiger partial charge in [-0.2, -0.15) is 13.2 Å². The maximum atomic E-state index is 12.7. The number of nitrogens with zero attached hydrogens (tertiary/aromatic N) is 1. The second-order valence-electron chi connectivity index (χ2n) is 6.20. The Morgan fingerprint density at radius 1 is 1.29 bits per heavy atom. The second kappa shape index (κ2) is 6.83. The van der Waals surface area contributed by atoms with Gasteiger partial charge in [-0.1, -0.05) is 19.4 Å². The normalized spacial score (nSPS) is 15.7. The molecule has 1 saturated carbocycles. The number of carbonyl (C=O) groups excluding carboxylic acids is 2. The van der Waals surface area contributed by atoms with Gasteiger partial charge in [-0.05, 0) is 37.5 Å². The van der Waals surface area contributed by atoms with Crippen molar-refractivity contribution in [2.45, 2.75) is 38.8 Å². The Morgan fingerprint density at radius 3 is 2.50 bits per heavy atom. The van der Waals surface area contributed by atoms with Gasteiger partial charge >= 0.3 is 6.18 Å². The number of halogens is 3. The molecule has 0 saturated heterocycles. The molecule has 1 aromatic rings. The lowest BCUT2D eigenvalue weighted by molar-refractivity contribution is -0.141. The van der Waals surface area contributed by atoms with Gasteiger partial charge in [0.2, 0.25) is 11.8 Å². The smallest absolute Gasteiger partial charge is 0.345 e. The van der Waals surface area contributed by atoms with Gasteiger partial charge in [-0.15, -0.1) is 0 Å². The lowest BCUT2D eigenvalue weighted by Gasteiger charge is -2.23. The summed E-state index contributed by atoms with van der Waals surface area (Å²) < 4.78 is 38.2. The fourth-order valence-electron chi connectivity index (χ4n) is 2.55. The molecule has 0 aromatic heterocycles. The Morgan fingerprint density at radius 2 is 1.96 bits per heavy atom. The van der Waals surface area contributed by atoms with E-state index in [9.17, 15) is 22.8 Å². The predicted molar refractivity (Wildman–Crippen MR) is 84.3 cm³/mol. The molecule has 132 valence electrons. The summed E-state index contributed by atoms with van der Waals surface area (Å²) in [7, 11) is 1.65. The third kappa shape index (κ3) is 3.88. The van der Waals surface area contributed by atoms with Crippen molar-refractivity contribution >= 4 is 17.5 Å². The Balaban J connectivity index is 2.08. The van der Waals surface area contributed by atoms with E-state index in [0.29, 0.717) is 19.4 Å². The summed E-state index contributed by atoms with van der Waals surface area (Å²) >= 11 is 0. The van der Waals surface area contributed by atoms with E-state index in [4.69, 9.17) is 0 Å². The Bertz CT molecular complexity index is 625. The van der Waals surface area contributed by atoms with Crippen molar-refractivity contribution in [3.05, 3.63) is 29.8 Å². The molecule has 1 aliphatic rings. The number of amides is 2. The molecule has 1 fully saturated rings. The van der Waals surface area contributed by atoms with Gasteiger partial charge in [0.1, 0.15) is 5.41 Å². The highest BCUT2D eigenvalue weighted by Gasteiger charge is 2.57. The van der Waals surface area contributed by atoms with Crippen LogP contribution in [0.4, 0.5) is 18.9 Å². The van der Waals surface area contributed by atoms with Crippen LogP contribution in [0, 0.1) is 5.41 Å². The minimum absolute atomic E-state index is 0.0464. The summed E-state index contributed by atoms with van der Waals surface area (Å²) in [5, 5.41) is 2.46. The van der Waals surface area contributed by atoms with Gasteiger partial charge in [0, 0.05) is 19.3 Å². The van der Waals surface area contributed by atoms with Crippen LogP contribution < -0.4 is 5.32 Å². The zero-order chi connectivity index (χ0) is 18.0. The summed E-state index contributed by atoms with van der Waals surface area (Å²) in [4.78, 5) is 26.4. The van der Waals surface area contributed by atoms with Gasteiger partial charge in [0.05, 0.1) is 5.56 Å². The van der Waals surface area contributed by atoms with Gasteiger partial charge in [0.25, 0.3) is 0 Å². The Hall–Kier alpha value is -2.05. The average Bonchev–Trinajstić information content (AvgIpc) is 3.33. The molecule has 0 radical (unpaired) electrons. The first-order valence-corrected chi connectivity index (χ1v) is 7.95. The maximum Gasteiger partial charge on any atom is 0.416 e. The highest BCUT2D eigenvalue weighted by Crippen LogP contribution is 2.48. The molecule has 7 heteroatoms. The summed E-state index contributed by atoms with van der Waals surface area (Å²) in [5.41, 5.74) is -1.92. The molecule has 2 rings (SSSR count). The molecular weight excluding hydrogens is 321 g/mol. The fraction of sp³-hybridized carbons (Fsp3) is 0.529. The van der Waals surface area contributed by atoms with E-state index >= 15 is 0 Å². The standard InChI is InChI=1S/C17H21F3N2O2/c1-3-4-10-22(2)15(24)16(8-9-16)14(23)21-13-7-5-6-12(11-13)17(18,19)20/h5-7,11H,3-4,8-10H2,1-2H3,(H,21,23). The zero-order valence-corrected chi connectivity index (χ0v) is 13.7. The summed E-state index contributed by atoms with van der Waals surface area (Å²) in [6.07, 6.45) is -1.86. The number of benzene rings is 1. The Kier molecular flexibility index (Phi) is 5.20. The van der Waals surface area contributed by atoms with Crippen LogP contribution in [0.25, 0.3) is 0 Å². The molecule has 24 heavy (non-hydrogen) atoms. The maximum absolute atomic E-state index is 12.7. The first-order chi connectivity index (χ1) is 11.2. The summed E-state index contributed by atoms with van der Waals surface area (Å²) in [6, 6.07) is 4.42. The minimum atomic E-state index is -4.48. The van der Waals surface area contributed by atoms with Crippen molar-refractivity contribution in [3.63, 3.8) is 0 Å². The van der Waals surface area contributed by atoms with Crippen LogP contribution >= 0.6 is 0 Å². The fourth-order valence-corrected chi connectivity index (χ4v) is 2.55. The van der Waals surface area contributed by atoms with E-state index in [1.54, 1.807) is 7.05 Å². The highest BCUT2D eigenvalue weighted by molar-refractivity contribution is 6.12. The highest BCUT2D eigenvalue weighted by atomic mass is 19.4. The molecule has 1 aromatic carbocycles. The number of anilines is 1. The van der Waals surface area contributed by atoms with E-state index in [-0.39, 0.29) is 11.6 Å². The van der Waals surface area contributed by atoms with E-state index in [1.165, 1.54) is 17.0 Å². The van der Waals surface area contributed by atoms with Crippen LogP contribution in [0.2, 0.25) is 0 Å². The molecule has 1 aliphatic carbocycles. The summed E-state index contributed by atoms with van der Waals surface area (Å²) in [6.45, 7) is 2.57. The first kappa shape index (κ1) is 18.3. The molecule has 0 bridgehead atoms. The molecule has 4 nitrogen and oxygen atoms in total. The monoisotopic (exact) mass is 342 g/mol. The lowest BCUT2D eigenvalue weighted by atomic mass is 10.0. The molecule has 0 atom stereocenters. The third-order valence-corrected chi connectivity index (χ3v) is 4.24. The van der Waals surface area contributed by atoms with Gasteiger partial charge < -0.3 is 10.2 Å². The number of unbranched alkanes of at least 4 members (excludes halogenated alkanes) is 1. The largest absolute Gasteiger partial charge is 0.416 e. The number of nitrogens with one attached hydrogen (secondary N) is 1. The first-order valence-electron chi connectivity index (χ1n) is 7.95. The van der Waals surface area contributed by atoms with Crippen molar-refractivity contribution in [2.75, 3.05) is 18.9 Å². The van der Waals surface area contributed by atoms with Crippen LogP contribution in [-0.4, -0.2) is 30.3 Å². The van der Waals surface area contributed by atoms with Crippen molar-refractivity contribution < 1.29 is 22.8 Å². The minimum Gasteiger partial charge on any atom is -0.345 e. The van der Waals surface area contributed by atoms with E-state index in [2.05, 4.69) is 5.32 Å². The van der Waals surface area contributed by atoms with Gasteiger partial charge in [-0.3, -0.25) is 9.59 Å². The molecule has 1 N–H and O–H groups in total. The van der Waals surface area contributed by atoms with Crippen LogP contribution in [0.1, 0.15) is 38.2 Å². The van der Waals surface area contributed by atoms with Gasteiger partial charge in [-0.25, -0.2) is 0 Å². The number of hydrogen-bond donors (Lipinski definition) is 1. The van der Waals surface area contributed by atoms with Crippen LogP contribution in [-0.2, 0) is 15.8 Å². The number of rotatable bonds is 6. The number of hydrogen-bond acceptors (Lipinski definition) is 2. The average molecular weight is 342 g/mol. The Labute approximate surface area is 139 Å². The molecule has 2 amide bonds. The topological polar surface area (TPSA) is 49.4 Å². The van der Waals surface area contributed by atoms with E-state index in [0.717, 1.165) is 25.0 Å². The van der Waals surface area contributed by atoms with E-state index in [1.807, 2.05) is 6.92 Å². The second-order valence-corrected chi connectivity index (χ2v) is 6.20. The quantitative estimate of drug-likeness (QED) is 0.802. The SMILES string of the molecule is CCCCN(C)C(=O)C1(C(=O)Nc2cccc(C(F)(F)F)c2)CC1. The molecule has 0 heterocycles. The molecular formula is C17H21F3N2O2. The molecule has 0 aliphatic heterocycles.